The van der Waals surface area contributed by atoms with Crippen LogP contribution in [0.1, 0.15) is 35.2 Å². The fourth-order valence-corrected chi connectivity index (χ4v) is 5.95. The molecule has 2 heterocycles. The summed E-state index contributed by atoms with van der Waals surface area (Å²) in [7, 11) is 0. The fourth-order valence-electron chi connectivity index (χ4n) is 5.95. The molecule has 1 saturated carbocycles. The number of hydrogen-bond acceptors (Lipinski definition) is 8. The van der Waals surface area contributed by atoms with Crippen LogP contribution in [-0.4, -0.2) is 65.9 Å². The van der Waals surface area contributed by atoms with E-state index < -0.39 is 4.92 Å². The number of aromatic nitrogens is 1. The number of rotatable bonds is 12. The molecule has 242 valence electrons. The van der Waals surface area contributed by atoms with E-state index in [-0.39, 0.29) is 23.4 Å². The molecule has 11 heteroatoms. The maximum Gasteiger partial charge on any atom is 0.269 e. The van der Waals surface area contributed by atoms with Crippen molar-refractivity contribution in [1.29, 1.82) is 0 Å². The maximum absolute atomic E-state index is 13.4. The van der Waals surface area contributed by atoms with Gasteiger partial charge in [0.2, 0.25) is 5.91 Å². The Balaban J connectivity index is 1.26. The molecule has 2 amide bonds. The minimum absolute atomic E-state index is 0.0738. The highest BCUT2D eigenvalue weighted by Crippen LogP contribution is 2.35. The number of benzene rings is 3. The number of nitrogens with zero attached hydrogens (tertiary/aromatic N) is 5. The molecule has 47 heavy (non-hydrogen) atoms. The minimum Gasteiger partial charge on any atom is -0.366 e. The molecule has 0 bridgehead atoms. The number of pyridine rings is 1. The molecule has 0 spiro atoms. The molecule has 0 unspecified atom stereocenters. The molecule has 0 radical (unpaired) electrons. The standard InChI is InChI=1S/C36H39N7O4/c37-16-4-18-42(36(45)28-8-9-28)25-26-5-3-6-29(23-26)30-12-15-33(40-19-21-41(22-20-40)34-7-1-2-17-38-34)32(24-30)39-35(44)27-10-13-31(14-11-27)43(46)47/h1-3,5-7,10-15,17,23-24,28H,4,8-9,16,18-22,25,37H2,(H,39,44). The van der Waals surface area contributed by atoms with Crippen molar-refractivity contribution < 1.29 is 14.5 Å². The first kappa shape index (κ1) is 31.7. The predicted molar refractivity (Wildman–Crippen MR) is 183 cm³/mol. The van der Waals surface area contributed by atoms with Crippen LogP contribution in [-0.2, 0) is 11.3 Å². The van der Waals surface area contributed by atoms with Gasteiger partial charge in [0.25, 0.3) is 11.6 Å². The van der Waals surface area contributed by atoms with Gasteiger partial charge < -0.3 is 25.8 Å². The molecule has 3 aromatic carbocycles. The molecule has 1 aromatic heterocycles. The van der Waals surface area contributed by atoms with Crippen molar-refractivity contribution in [3.63, 3.8) is 0 Å². The van der Waals surface area contributed by atoms with Crippen LogP contribution in [0.4, 0.5) is 22.9 Å². The van der Waals surface area contributed by atoms with Gasteiger partial charge in [-0.2, -0.15) is 0 Å². The molecule has 11 nitrogen and oxygen atoms in total. The van der Waals surface area contributed by atoms with Gasteiger partial charge in [-0.05, 0) is 85.0 Å². The summed E-state index contributed by atoms with van der Waals surface area (Å²) >= 11 is 0. The summed E-state index contributed by atoms with van der Waals surface area (Å²) in [5.74, 6) is 0.923. The highest BCUT2D eigenvalue weighted by molar-refractivity contribution is 6.06. The molecule has 1 aliphatic heterocycles. The van der Waals surface area contributed by atoms with E-state index in [1.165, 1.54) is 24.3 Å². The number of nitro benzene ring substituents is 1. The lowest BCUT2D eigenvalue weighted by atomic mass is 10.0. The second kappa shape index (κ2) is 14.4. The number of anilines is 3. The number of carbonyl (C=O) groups excluding carboxylic acids is 2. The van der Waals surface area contributed by atoms with Crippen molar-refractivity contribution in [3.05, 3.63) is 112 Å². The van der Waals surface area contributed by atoms with E-state index in [0.29, 0.717) is 30.9 Å². The Morgan fingerprint density at radius 2 is 1.66 bits per heavy atom. The minimum atomic E-state index is -0.485. The lowest BCUT2D eigenvalue weighted by Crippen LogP contribution is -2.47. The second-order valence-corrected chi connectivity index (χ2v) is 12.0. The summed E-state index contributed by atoms with van der Waals surface area (Å²) in [6.45, 7) is 4.71. The summed E-state index contributed by atoms with van der Waals surface area (Å²) in [5, 5.41) is 14.2. The molecule has 4 aromatic rings. The fraction of sp³-hybridized carbons (Fsp3) is 0.306. The molecular weight excluding hydrogens is 594 g/mol. The first-order valence-electron chi connectivity index (χ1n) is 16.1. The molecule has 2 fully saturated rings. The van der Waals surface area contributed by atoms with Crippen molar-refractivity contribution in [3.8, 4) is 11.1 Å². The van der Waals surface area contributed by atoms with Gasteiger partial charge in [0, 0.05) is 69.1 Å². The smallest absolute Gasteiger partial charge is 0.269 e. The molecular formula is C36H39N7O4. The highest BCUT2D eigenvalue weighted by Gasteiger charge is 2.33. The van der Waals surface area contributed by atoms with Crippen molar-refractivity contribution in [2.75, 3.05) is 54.4 Å². The predicted octanol–water partition coefficient (Wildman–Crippen LogP) is 5.32. The van der Waals surface area contributed by atoms with E-state index in [1.54, 1.807) is 6.20 Å². The Hall–Kier alpha value is -5.29. The number of hydrogen-bond donors (Lipinski definition) is 2. The van der Waals surface area contributed by atoms with Crippen molar-refractivity contribution in [1.82, 2.24) is 9.88 Å². The maximum atomic E-state index is 13.4. The lowest BCUT2D eigenvalue weighted by Gasteiger charge is -2.37. The number of piperazine rings is 1. The molecule has 0 atom stereocenters. The first-order valence-corrected chi connectivity index (χ1v) is 16.1. The van der Waals surface area contributed by atoms with E-state index in [2.05, 4.69) is 32.2 Å². The molecule has 2 aliphatic rings. The quantitative estimate of drug-likeness (QED) is 0.158. The van der Waals surface area contributed by atoms with E-state index in [9.17, 15) is 19.7 Å². The monoisotopic (exact) mass is 633 g/mol. The average Bonchev–Trinajstić information content (AvgIpc) is 3.96. The molecule has 3 N–H and O–H groups in total. The van der Waals surface area contributed by atoms with Gasteiger partial charge in [0.15, 0.2) is 0 Å². The van der Waals surface area contributed by atoms with E-state index >= 15 is 0 Å². The Morgan fingerprint density at radius 1 is 0.915 bits per heavy atom. The topological polar surface area (TPSA) is 138 Å². The summed E-state index contributed by atoms with van der Waals surface area (Å²) in [5.41, 5.74) is 10.5. The van der Waals surface area contributed by atoms with Gasteiger partial charge in [0.05, 0.1) is 16.3 Å². The third-order valence-electron chi connectivity index (χ3n) is 8.68. The zero-order valence-electron chi connectivity index (χ0n) is 26.3. The van der Waals surface area contributed by atoms with Crippen LogP contribution in [0.25, 0.3) is 11.1 Å². The summed E-state index contributed by atoms with van der Waals surface area (Å²) in [6, 6.07) is 25.7. The zero-order valence-corrected chi connectivity index (χ0v) is 26.3. The van der Waals surface area contributed by atoms with Crippen molar-refractivity contribution >= 4 is 34.7 Å². The summed E-state index contributed by atoms with van der Waals surface area (Å²) in [6.07, 6.45) is 4.46. The molecule has 6 rings (SSSR count). The van der Waals surface area contributed by atoms with Gasteiger partial charge in [-0.15, -0.1) is 0 Å². The van der Waals surface area contributed by atoms with Crippen LogP contribution in [0, 0.1) is 16.0 Å². The number of non-ortho nitro benzene ring substituents is 1. The molecule has 1 aliphatic carbocycles. The van der Waals surface area contributed by atoms with Gasteiger partial charge in [-0.3, -0.25) is 19.7 Å². The van der Waals surface area contributed by atoms with Crippen LogP contribution < -0.4 is 20.9 Å². The van der Waals surface area contributed by atoms with Gasteiger partial charge >= 0.3 is 0 Å². The van der Waals surface area contributed by atoms with Crippen LogP contribution in [0.3, 0.4) is 0 Å². The average molecular weight is 634 g/mol. The van der Waals surface area contributed by atoms with Crippen LogP contribution in [0.5, 0.6) is 0 Å². The Kier molecular flexibility index (Phi) is 9.72. The van der Waals surface area contributed by atoms with E-state index in [1.807, 2.05) is 53.4 Å². The Morgan fingerprint density at radius 3 is 2.34 bits per heavy atom. The number of nitrogens with one attached hydrogen (secondary N) is 1. The van der Waals surface area contributed by atoms with E-state index in [0.717, 1.165) is 73.6 Å². The number of nitro groups is 1. The SMILES string of the molecule is NCCCN(Cc1cccc(-c2ccc(N3CCN(c4ccccn4)CC3)c(NC(=O)c3ccc([N+](=O)[O-])cc3)c2)c1)C(=O)C1CC1. The van der Waals surface area contributed by atoms with E-state index in [4.69, 9.17) is 5.73 Å². The summed E-state index contributed by atoms with van der Waals surface area (Å²) in [4.78, 5) is 48.0. The van der Waals surface area contributed by atoms with Crippen LogP contribution >= 0.6 is 0 Å². The number of nitrogens with two attached hydrogens (primary N) is 1. The second-order valence-electron chi connectivity index (χ2n) is 12.0. The Bertz CT molecular complexity index is 1720. The van der Waals surface area contributed by atoms with Gasteiger partial charge in [0.1, 0.15) is 5.82 Å². The third kappa shape index (κ3) is 7.75. The largest absolute Gasteiger partial charge is 0.366 e. The van der Waals surface area contributed by atoms with Gasteiger partial charge in [-0.25, -0.2) is 4.98 Å². The Labute approximate surface area is 274 Å². The van der Waals surface area contributed by atoms with Gasteiger partial charge in [-0.1, -0.05) is 30.3 Å². The van der Waals surface area contributed by atoms with Crippen molar-refractivity contribution in [2.24, 2.45) is 11.7 Å². The van der Waals surface area contributed by atoms with Crippen LogP contribution in [0.15, 0.2) is 91.1 Å². The number of amides is 2. The third-order valence-corrected chi connectivity index (χ3v) is 8.68. The highest BCUT2D eigenvalue weighted by atomic mass is 16.6. The van der Waals surface area contributed by atoms with Crippen LogP contribution in [0.2, 0.25) is 0 Å². The lowest BCUT2D eigenvalue weighted by molar-refractivity contribution is -0.384. The zero-order chi connectivity index (χ0) is 32.8. The number of carbonyl (C=O) groups is 2. The normalized spacial score (nSPS) is 14.5. The molecule has 1 saturated heterocycles. The van der Waals surface area contributed by atoms with Crippen molar-refractivity contribution in [2.45, 2.75) is 25.8 Å². The summed E-state index contributed by atoms with van der Waals surface area (Å²) < 4.78 is 0. The first-order chi connectivity index (χ1) is 22.9.